The second-order valence-electron chi connectivity index (χ2n) is 5.71. The number of anilines is 1. The minimum absolute atomic E-state index is 0.0771. The number of halogens is 2. The van der Waals surface area contributed by atoms with Gasteiger partial charge in [0.1, 0.15) is 12.3 Å². The predicted octanol–water partition coefficient (Wildman–Crippen LogP) is 3.93. The van der Waals surface area contributed by atoms with Gasteiger partial charge in [-0.15, -0.1) is 0 Å². The van der Waals surface area contributed by atoms with Gasteiger partial charge in [0.05, 0.1) is 6.42 Å². The molecule has 2 aromatic rings. The highest BCUT2D eigenvalue weighted by atomic mass is 35.5. The Morgan fingerprint density at radius 1 is 1.23 bits per heavy atom. The summed E-state index contributed by atoms with van der Waals surface area (Å²) in [7, 11) is 0. The molecule has 1 heterocycles. The molecule has 0 saturated carbocycles. The number of ether oxygens (including phenoxy) is 1. The summed E-state index contributed by atoms with van der Waals surface area (Å²) >= 11 is 12.4. The van der Waals surface area contributed by atoms with Gasteiger partial charge in [0, 0.05) is 21.3 Å². The molecule has 0 atom stereocenters. The largest absolute Gasteiger partial charge is 0.442 e. The third-order valence-electron chi connectivity index (χ3n) is 3.84. The van der Waals surface area contributed by atoms with Gasteiger partial charge >= 0.3 is 6.09 Å². The van der Waals surface area contributed by atoms with Crippen LogP contribution in [-0.4, -0.2) is 24.3 Å². The second-order valence-corrected chi connectivity index (χ2v) is 6.49. The molecule has 0 aromatic heterocycles. The fourth-order valence-electron chi connectivity index (χ4n) is 2.45. The van der Waals surface area contributed by atoms with Crippen molar-refractivity contribution < 1.29 is 14.3 Å². The van der Waals surface area contributed by atoms with Gasteiger partial charge in [-0.1, -0.05) is 41.4 Å². The standard InChI is InChI=1S/C18H15Cl2N3O3/c1-10-2-7-14(19)13(17(10)20)8-16(24)21-12-5-3-11(4-6-12)15-9-26-18(25)23-22-15/h2-7H,8-9H2,1H3,(H,21,24)(H,23,25). The number of benzene rings is 2. The molecule has 0 bridgehead atoms. The number of rotatable bonds is 4. The van der Waals surface area contributed by atoms with E-state index in [9.17, 15) is 9.59 Å². The van der Waals surface area contributed by atoms with E-state index in [0.717, 1.165) is 11.1 Å². The van der Waals surface area contributed by atoms with E-state index >= 15 is 0 Å². The molecule has 0 saturated heterocycles. The van der Waals surface area contributed by atoms with Gasteiger partial charge in [-0.2, -0.15) is 5.10 Å². The van der Waals surface area contributed by atoms with Crippen LogP contribution in [0.5, 0.6) is 0 Å². The highest BCUT2D eigenvalue weighted by Gasteiger charge is 2.15. The summed E-state index contributed by atoms with van der Waals surface area (Å²) in [5.41, 5.74) is 5.73. The quantitative estimate of drug-likeness (QED) is 0.828. The zero-order valence-corrected chi connectivity index (χ0v) is 15.3. The maximum Gasteiger partial charge on any atom is 0.428 e. The molecule has 3 rings (SSSR count). The van der Waals surface area contributed by atoms with Crippen LogP contribution in [0.2, 0.25) is 10.0 Å². The lowest BCUT2D eigenvalue weighted by Gasteiger charge is -2.14. The van der Waals surface area contributed by atoms with E-state index in [4.69, 9.17) is 27.9 Å². The number of aryl methyl sites for hydroxylation is 1. The number of carbonyl (C=O) groups excluding carboxylic acids is 2. The van der Waals surface area contributed by atoms with Crippen molar-refractivity contribution >= 4 is 46.6 Å². The van der Waals surface area contributed by atoms with Crippen molar-refractivity contribution in [1.82, 2.24) is 5.43 Å². The van der Waals surface area contributed by atoms with E-state index in [0.29, 0.717) is 27.0 Å². The molecule has 0 aliphatic carbocycles. The Labute approximate surface area is 160 Å². The number of carbonyl (C=O) groups is 2. The molecular formula is C18H15Cl2N3O3. The van der Waals surface area contributed by atoms with Crippen LogP contribution in [-0.2, 0) is 16.0 Å². The summed E-state index contributed by atoms with van der Waals surface area (Å²) in [6.07, 6.45) is -0.501. The predicted molar refractivity (Wildman–Crippen MR) is 101 cm³/mol. The molecule has 8 heteroatoms. The number of nitrogens with zero attached hydrogens (tertiary/aromatic N) is 1. The Hall–Kier alpha value is -2.57. The SMILES string of the molecule is Cc1ccc(Cl)c(CC(=O)Nc2ccc(C3=NNC(=O)OC3)cc2)c1Cl. The summed E-state index contributed by atoms with van der Waals surface area (Å²) in [6.45, 7) is 1.96. The second kappa shape index (κ2) is 7.76. The van der Waals surface area contributed by atoms with Gasteiger partial charge in [-0.25, -0.2) is 10.2 Å². The molecule has 6 nitrogen and oxygen atoms in total. The number of hydrogen-bond donors (Lipinski definition) is 2. The number of hydrazone groups is 1. The average Bonchev–Trinajstić information content (AvgIpc) is 2.63. The van der Waals surface area contributed by atoms with Gasteiger partial charge in [0.2, 0.25) is 5.91 Å². The van der Waals surface area contributed by atoms with Crippen LogP contribution >= 0.6 is 23.2 Å². The van der Waals surface area contributed by atoms with E-state index in [1.165, 1.54) is 0 Å². The van der Waals surface area contributed by atoms with Gasteiger partial charge in [0.15, 0.2) is 0 Å². The normalized spacial score (nSPS) is 13.5. The van der Waals surface area contributed by atoms with Gasteiger partial charge in [-0.05, 0) is 36.2 Å². The highest BCUT2D eigenvalue weighted by molar-refractivity contribution is 6.36. The first-order valence-electron chi connectivity index (χ1n) is 7.77. The van der Waals surface area contributed by atoms with E-state index < -0.39 is 6.09 Å². The molecule has 2 N–H and O–H groups in total. The minimum Gasteiger partial charge on any atom is -0.442 e. The maximum absolute atomic E-state index is 12.3. The number of amides is 2. The zero-order valence-electron chi connectivity index (χ0n) is 13.8. The van der Waals surface area contributed by atoms with Gasteiger partial charge in [0.25, 0.3) is 0 Å². The zero-order chi connectivity index (χ0) is 18.7. The third-order valence-corrected chi connectivity index (χ3v) is 4.72. The van der Waals surface area contributed by atoms with E-state index in [-0.39, 0.29) is 18.9 Å². The van der Waals surface area contributed by atoms with Crippen molar-refractivity contribution in [2.45, 2.75) is 13.3 Å². The van der Waals surface area contributed by atoms with E-state index in [2.05, 4.69) is 15.8 Å². The van der Waals surface area contributed by atoms with Crippen LogP contribution in [0.15, 0.2) is 41.5 Å². The molecule has 0 fully saturated rings. The lowest BCUT2D eigenvalue weighted by Crippen LogP contribution is -2.30. The van der Waals surface area contributed by atoms with E-state index in [1.54, 1.807) is 30.3 Å². The van der Waals surface area contributed by atoms with Crippen LogP contribution in [0.3, 0.4) is 0 Å². The Bertz CT molecular complexity index is 895. The van der Waals surface area contributed by atoms with Crippen LogP contribution in [0.25, 0.3) is 0 Å². The summed E-state index contributed by atoms with van der Waals surface area (Å²) < 4.78 is 4.86. The van der Waals surface area contributed by atoms with Crippen LogP contribution in [0.1, 0.15) is 16.7 Å². The molecule has 134 valence electrons. The lowest BCUT2D eigenvalue weighted by atomic mass is 10.1. The minimum atomic E-state index is -0.578. The molecular weight excluding hydrogens is 377 g/mol. The van der Waals surface area contributed by atoms with Crippen molar-refractivity contribution in [3.63, 3.8) is 0 Å². The summed E-state index contributed by atoms with van der Waals surface area (Å²) in [4.78, 5) is 23.2. The maximum atomic E-state index is 12.3. The third kappa shape index (κ3) is 4.15. The number of hydrogen-bond acceptors (Lipinski definition) is 4. The summed E-state index contributed by atoms with van der Waals surface area (Å²) in [5, 5.41) is 7.70. The Morgan fingerprint density at radius 3 is 2.62 bits per heavy atom. The van der Waals surface area contributed by atoms with Crippen LogP contribution in [0.4, 0.5) is 10.5 Å². The van der Waals surface area contributed by atoms with Crippen LogP contribution in [0, 0.1) is 6.92 Å². The Kier molecular flexibility index (Phi) is 5.44. The van der Waals surface area contributed by atoms with Crippen molar-refractivity contribution in [2.24, 2.45) is 5.10 Å². The Morgan fingerprint density at radius 2 is 1.96 bits per heavy atom. The molecule has 2 aromatic carbocycles. The molecule has 1 aliphatic heterocycles. The first-order chi connectivity index (χ1) is 12.4. The first kappa shape index (κ1) is 18.2. The number of nitrogens with one attached hydrogen (secondary N) is 2. The molecule has 1 aliphatic rings. The highest BCUT2D eigenvalue weighted by Crippen LogP contribution is 2.28. The lowest BCUT2D eigenvalue weighted by molar-refractivity contribution is -0.115. The number of cyclic esters (lactones) is 1. The molecule has 0 unspecified atom stereocenters. The fourth-order valence-corrected chi connectivity index (χ4v) is 2.95. The smallest absolute Gasteiger partial charge is 0.428 e. The van der Waals surface area contributed by atoms with Crippen molar-refractivity contribution in [1.29, 1.82) is 0 Å². The van der Waals surface area contributed by atoms with Crippen LogP contribution < -0.4 is 10.7 Å². The van der Waals surface area contributed by atoms with Crippen molar-refractivity contribution in [3.8, 4) is 0 Å². The fraction of sp³-hybridized carbons (Fsp3) is 0.167. The van der Waals surface area contributed by atoms with Gasteiger partial charge in [-0.3, -0.25) is 4.79 Å². The summed E-state index contributed by atoms with van der Waals surface area (Å²) in [6, 6.07) is 10.6. The molecule has 0 radical (unpaired) electrons. The summed E-state index contributed by atoms with van der Waals surface area (Å²) in [5.74, 6) is -0.224. The van der Waals surface area contributed by atoms with Crippen molar-refractivity contribution in [2.75, 3.05) is 11.9 Å². The Balaban J connectivity index is 1.67. The monoisotopic (exact) mass is 391 g/mol. The molecule has 2 amide bonds. The van der Waals surface area contributed by atoms with Gasteiger partial charge < -0.3 is 10.1 Å². The molecule has 26 heavy (non-hydrogen) atoms. The molecule has 0 spiro atoms. The van der Waals surface area contributed by atoms with E-state index in [1.807, 2.05) is 13.0 Å². The first-order valence-corrected chi connectivity index (χ1v) is 8.52. The average molecular weight is 392 g/mol. The van der Waals surface area contributed by atoms with Crippen molar-refractivity contribution in [3.05, 3.63) is 63.1 Å². The topological polar surface area (TPSA) is 79.8 Å².